The summed E-state index contributed by atoms with van der Waals surface area (Å²) in [6, 6.07) is 7.67. The Hall–Kier alpha value is -2.67. The molecule has 0 aliphatic carbocycles. The number of thiocarbonyl (C=S) groups is 1. The molecule has 1 fully saturated rings. The van der Waals surface area contributed by atoms with Crippen LogP contribution >= 0.6 is 12.2 Å². The molecule has 3 rings (SSSR count). The number of carbonyl (C=O) groups is 2. The Morgan fingerprint density at radius 2 is 1.96 bits per heavy atom. The predicted molar refractivity (Wildman–Crippen MR) is 92.2 cm³/mol. The van der Waals surface area contributed by atoms with Gasteiger partial charge in [-0.3, -0.25) is 14.5 Å². The van der Waals surface area contributed by atoms with Crippen molar-refractivity contribution >= 4 is 46.1 Å². The zero-order valence-corrected chi connectivity index (χ0v) is 13.6. The number of amides is 2. The molecular weight excluding hydrogens is 312 g/mol. The van der Waals surface area contributed by atoms with Crippen molar-refractivity contribution < 1.29 is 9.59 Å². The number of primary amides is 1. The van der Waals surface area contributed by atoms with Crippen molar-refractivity contribution in [2.45, 2.75) is 6.54 Å². The molecule has 2 amide bonds. The van der Waals surface area contributed by atoms with Crippen LogP contribution in [0.15, 0.2) is 36.2 Å². The maximum atomic E-state index is 12.3. The lowest BCUT2D eigenvalue weighted by atomic mass is 10.1. The number of hydrogen-bond donors (Lipinski definition) is 1. The molecule has 7 heteroatoms. The van der Waals surface area contributed by atoms with Crippen LogP contribution in [0.1, 0.15) is 5.56 Å². The van der Waals surface area contributed by atoms with Gasteiger partial charge in [0.2, 0.25) is 5.91 Å². The molecule has 2 N–H and O–H groups in total. The second-order valence-corrected chi connectivity index (χ2v) is 5.80. The van der Waals surface area contributed by atoms with Gasteiger partial charge in [0, 0.05) is 36.8 Å². The molecule has 1 saturated heterocycles. The van der Waals surface area contributed by atoms with Gasteiger partial charge in [-0.15, -0.1) is 0 Å². The summed E-state index contributed by atoms with van der Waals surface area (Å²) in [6.45, 7) is 0.0891. The van der Waals surface area contributed by atoms with Gasteiger partial charge in [-0.1, -0.05) is 18.2 Å². The van der Waals surface area contributed by atoms with E-state index >= 15 is 0 Å². The Labute approximate surface area is 138 Å². The zero-order chi connectivity index (χ0) is 16.7. The lowest BCUT2D eigenvalue weighted by Gasteiger charge is -2.10. The van der Waals surface area contributed by atoms with Gasteiger partial charge in [0.05, 0.1) is 0 Å². The second-order valence-electron chi connectivity index (χ2n) is 5.43. The fraction of sp³-hybridized carbons (Fsp3) is 0.188. The number of hydrogen-bond acceptors (Lipinski definition) is 3. The number of likely N-dealkylation sites (N-methyl/N-ethyl adjacent to an activating group) is 2. The SMILES string of the molecule is CN1C(=O)/C(=C/c2cn(CC(N)=O)c3ccccc23)N(C)C1=S. The van der Waals surface area contributed by atoms with E-state index in [2.05, 4.69) is 0 Å². The Kier molecular flexibility index (Phi) is 3.65. The van der Waals surface area contributed by atoms with Crippen LogP contribution in [-0.2, 0) is 16.1 Å². The molecule has 0 radical (unpaired) electrons. The summed E-state index contributed by atoms with van der Waals surface area (Å²) < 4.78 is 1.78. The number of carbonyl (C=O) groups excluding carboxylic acids is 2. The van der Waals surface area contributed by atoms with E-state index in [1.807, 2.05) is 30.5 Å². The number of nitrogens with two attached hydrogens (primary N) is 1. The maximum absolute atomic E-state index is 12.3. The molecule has 1 aliphatic heterocycles. The van der Waals surface area contributed by atoms with Crippen LogP contribution in [0.5, 0.6) is 0 Å². The number of para-hydroxylation sites is 1. The van der Waals surface area contributed by atoms with Gasteiger partial charge in [-0.05, 0) is 24.4 Å². The van der Waals surface area contributed by atoms with Gasteiger partial charge >= 0.3 is 0 Å². The van der Waals surface area contributed by atoms with E-state index in [9.17, 15) is 9.59 Å². The highest BCUT2D eigenvalue weighted by atomic mass is 32.1. The smallest absolute Gasteiger partial charge is 0.276 e. The van der Waals surface area contributed by atoms with Gasteiger partial charge in [-0.2, -0.15) is 0 Å². The maximum Gasteiger partial charge on any atom is 0.276 e. The van der Waals surface area contributed by atoms with E-state index in [0.29, 0.717) is 10.8 Å². The molecule has 0 atom stereocenters. The normalized spacial score (nSPS) is 16.9. The van der Waals surface area contributed by atoms with Crippen LogP contribution in [0.2, 0.25) is 0 Å². The average Bonchev–Trinajstić information content (AvgIpc) is 2.94. The molecule has 118 valence electrons. The molecule has 0 bridgehead atoms. The van der Waals surface area contributed by atoms with Crippen molar-refractivity contribution in [2.24, 2.45) is 5.73 Å². The van der Waals surface area contributed by atoms with Crippen LogP contribution in [0, 0.1) is 0 Å². The van der Waals surface area contributed by atoms with Gasteiger partial charge in [0.1, 0.15) is 12.2 Å². The predicted octanol–water partition coefficient (Wildman–Crippen LogP) is 1.16. The molecule has 23 heavy (non-hydrogen) atoms. The minimum absolute atomic E-state index is 0.0891. The lowest BCUT2D eigenvalue weighted by molar-refractivity contribution is -0.121. The number of nitrogens with zero attached hydrogens (tertiary/aromatic N) is 3. The fourth-order valence-corrected chi connectivity index (χ4v) is 2.91. The Balaban J connectivity index is 2.14. The average molecular weight is 328 g/mol. The first-order chi connectivity index (χ1) is 10.9. The minimum Gasteiger partial charge on any atom is -0.368 e. The molecule has 0 spiro atoms. The summed E-state index contributed by atoms with van der Waals surface area (Å²) in [5.74, 6) is -0.566. The van der Waals surface area contributed by atoms with Crippen LogP contribution in [-0.4, -0.2) is 45.4 Å². The third-order valence-corrected chi connectivity index (χ3v) is 4.44. The van der Waals surface area contributed by atoms with Crippen LogP contribution in [0.3, 0.4) is 0 Å². The molecule has 0 unspecified atom stereocenters. The van der Waals surface area contributed by atoms with Gasteiger partial charge in [0.25, 0.3) is 5.91 Å². The van der Waals surface area contributed by atoms with Crippen molar-refractivity contribution in [3.8, 4) is 0 Å². The lowest BCUT2D eigenvalue weighted by Crippen LogP contribution is -2.26. The number of fused-ring (bicyclic) bond motifs is 1. The third-order valence-electron chi connectivity index (χ3n) is 3.90. The first-order valence-electron chi connectivity index (χ1n) is 7.03. The number of benzene rings is 1. The van der Waals surface area contributed by atoms with Crippen molar-refractivity contribution in [2.75, 3.05) is 14.1 Å². The van der Waals surface area contributed by atoms with E-state index in [4.69, 9.17) is 18.0 Å². The number of aromatic nitrogens is 1. The van der Waals surface area contributed by atoms with E-state index < -0.39 is 5.91 Å². The topological polar surface area (TPSA) is 71.6 Å². The fourth-order valence-electron chi connectivity index (χ4n) is 2.72. The largest absolute Gasteiger partial charge is 0.368 e. The van der Waals surface area contributed by atoms with Crippen molar-refractivity contribution in [3.63, 3.8) is 0 Å². The standard InChI is InChI=1S/C16H16N4O2S/c1-18-13(15(22)19(2)16(18)23)7-10-8-20(9-14(17)21)12-6-4-3-5-11(10)12/h3-8H,9H2,1-2H3,(H2,17,21)/b13-7-. The van der Waals surface area contributed by atoms with Crippen molar-refractivity contribution in [3.05, 3.63) is 41.7 Å². The Morgan fingerprint density at radius 1 is 1.26 bits per heavy atom. The summed E-state index contributed by atoms with van der Waals surface area (Å²) >= 11 is 5.22. The number of rotatable bonds is 3. The van der Waals surface area contributed by atoms with Gasteiger partial charge in [-0.25, -0.2) is 0 Å². The van der Waals surface area contributed by atoms with E-state index in [1.54, 1.807) is 29.6 Å². The van der Waals surface area contributed by atoms with Crippen molar-refractivity contribution in [1.29, 1.82) is 0 Å². The van der Waals surface area contributed by atoms with E-state index in [1.165, 1.54) is 4.90 Å². The van der Waals surface area contributed by atoms with E-state index in [0.717, 1.165) is 16.5 Å². The van der Waals surface area contributed by atoms with Crippen molar-refractivity contribution in [1.82, 2.24) is 14.4 Å². The Morgan fingerprint density at radius 3 is 2.57 bits per heavy atom. The molecule has 2 heterocycles. The molecule has 2 aromatic rings. The van der Waals surface area contributed by atoms with Crippen LogP contribution in [0.25, 0.3) is 17.0 Å². The highest BCUT2D eigenvalue weighted by Gasteiger charge is 2.32. The molecular formula is C16H16N4O2S. The highest BCUT2D eigenvalue weighted by Crippen LogP contribution is 2.26. The van der Waals surface area contributed by atoms with Gasteiger partial charge in [0.15, 0.2) is 5.11 Å². The van der Waals surface area contributed by atoms with Crippen LogP contribution < -0.4 is 5.73 Å². The third kappa shape index (κ3) is 2.49. The first-order valence-corrected chi connectivity index (χ1v) is 7.44. The summed E-state index contributed by atoms with van der Waals surface area (Å²) in [6.07, 6.45) is 3.61. The monoisotopic (exact) mass is 328 g/mol. The first kappa shape index (κ1) is 15.2. The second kappa shape index (κ2) is 5.51. The summed E-state index contributed by atoms with van der Waals surface area (Å²) in [4.78, 5) is 26.7. The van der Waals surface area contributed by atoms with E-state index in [-0.39, 0.29) is 12.5 Å². The summed E-state index contributed by atoms with van der Waals surface area (Å²) in [7, 11) is 3.41. The molecule has 1 aromatic heterocycles. The zero-order valence-electron chi connectivity index (χ0n) is 12.8. The molecule has 6 nitrogen and oxygen atoms in total. The molecule has 0 saturated carbocycles. The quantitative estimate of drug-likeness (QED) is 0.678. The summed E-state index contributed by atoms with van der Waals surface area (Å²) in [5.41, 5.74) is 7.54. The van der Waals surface area contributed by atoms with Gasteiger partial charge < -0.3 is 15.2 Å². The Bertz CT molecular complexity index is 868. The highest BCUT2D eigenvalue weighted by molar-refractivity contribution is 7.80. The minimum atomic E-state index is -0.417. The van der Waals surface area contributed by atoms with Crippen LogP contribution in [0.4, 0.5) is 0 Å². The molecule has 1 aliphatic rings. The molecule has 1 aromatic carbocycles. The summed E-state index contributed by atoms with van der Waals surface area (Å²) in [5, 5.41) is 1.41.